The Morgan fingerprint density at radius 2 is 2.00 bits per heavy atom. The molecule has 0 atom stereocenters. The van der Waals surface area contributed by atoms with Crippen molar-refractivity contribution in [2.75, 3.05) is 0 Å². The van der Waals surface area contributed by atoms with E-state index in [1.807, 2.05) is 19.9 Å². The lowest BCUT2D eigenvalue weighted by atomic mass is 9.95. The van der Waals surface area contributed by atoms with E-state index in [-0.39, 0.29) is 0 Å². The summed E-state index contributed by atoms with van der Waals surface area (Å²) in [6.07, 6.45) is 4.45. The van der Waals surface area contributed by atoms with Gasteiger partial charge < -0.3 is 0 Å². The highest BCUT2D eigenvalue weighted by Crippen LogP contribution is 2.18. The highest BCUT2D eigenvalue weighted by molar-refractivity contribution is 5.80. The van der Waals surface area contributed by atoms with Crippen molar-refractivity contribution in [3.63, 3.8) is 0 Å². The van der Waals surface area contributed by atoms with Crippen LogP contribution in [0.2, 0.25) is 0 Å². The lowest BCUT2D eigenvalue weighted by molar-refractivity contribution is 0.112. The standard InChI is InChI=1S/C13H18O/c1-4-5-6-12-8-7-10(2)13(9-14)11(12)3/h7-9H,4-6H2,1-3H3. The quantitative estimate of drug-likeness (QED) is 0.664. The van der Waals surface area contributed by atoms with E-state index >= 15 is 0 Å². The summed E-state index contributed by atoms with van der Waals surface area (Å²) in [6, 6.07) is 4.19. The smallest absolute Gasteiger partial charge is 0.150 e. The summed E-state index contributed by atoms with van der Waals surface area (Å²) in [4.78, 5) is 10.9. The van der Waals surface area contributed by atoms with Crippen molar-refractivity contribution >= 4 is 6.29 Å². The molecule has 0 aliphatic heterocycles. The van der Waals surface area contributed by atoms with E-state index in [0.717, 1.165) is 29.4 Å². The van der Waals surface area contributed by atoms with Crippen LogP contribution >= 0.6 is 0 Å². The Labute approximate surface area is 86.1 Å². The number of aldehydes is 1. The van der Waals surface area contributed by atoms with Crippen molar-refractivity contribution < 1.29 is 4.79 Å². The zero-order chi connectivity index (χ0) is 10.6. The van der Waals surface area contributed by atoms with Gasteiger partial charge in [-0.2, -0.15) is 0 Å². The molecule has 0 saturated carbocycles. The fourth-order valence-corrected chi connectivity index (χ4v) is 1.73. The second kappa shape index (κ2) is 4.94. The van der Waals surface area contributed by atoms with E-state index in [0.29, 0.717) is 0 Å². The number of benzene rings is 1. The van der Waals surface area contributed by atoms with Gasteiger partial charge >= 0.3 is 0 Å². The van der Waals surface area contributed by atoms with Crippen molar-refractivity contribution in [1.82, 2.24) is 0 Å². The predicted octanol–water partition coefficient (Wildman–Crippen LogP) is 3.46. The molecule has 0 aromatic heterocycles. The van der Waals surface area contributed by atoms with E-state index in [2.05, 4.69) is 13.0 Å². The maximum absolute atomic E-state index is 10.9. The molecule has 0 aliphatic rings. The van der Waals surface area contributed by atoms with Gasteiger partial charge in [0.25, 0.3) is 0 Å². The van der Waals surface area contributed by atoms with Crippen LogP contribution in [0.15, 0.2) is 12.1 Å². The van der Waals surface area contributed by atoms with Gasteiger partial charge in [-0.15, -0.1) is 0 Å². The predicted molar refractivity (Wildman–Crippen MR) is 59.9 cm³/mol. The zero-order valence-electron chi connectivity index (χ0n) is 9.26. The van der Waals surface area contributed by atoms with Crippen molar-refractivity contribution in [2.24, 2.45) is 0 Å². The van der Waals surface area contributed by atoms with Gasteiger partial charge in [-0.25, -0.2) is 0 Å². The second-order valence-corrected chi connectivity index (χ2v) is 3.80. The molecule has 76 valence electrons. The van der Waals surface area contributed by atoms with Crippen LogP contribution in [0.25, 0.3) is 0 Å². The average Bonchev–Trinajstić information content (AvgIpc) is 2.18. The molecule has 0 radical (unpaired) electrons. The van der Waals surface area contributed by atoms with Gasteiger partial charge in [0.1, 0.15) is 0 Å². The van der Waals surface area contributed by atoms with Crippen LogP contribution in [0.3, 0.4) is 0 Å². The number of unbranched alkanes of at least 4 members (excludes halogenated alkanes) is 1. The lowest BCUT2D eigenvalue weighted by Gasteiger charge is -2.09. The third kappa shape index (κ3) is 2.22. The van der Waals surface area contributed by atoms with Crippen LogP contribution in [0.1, 0.15) is 46.8 Å². The summed E-state index contributed by atoms with van der Waals surface area (Å²) in [5.41, 5.74) is 4.43. The maximum Gasteiger partial charge on any atom is 0.150 e. The molecule has 0 heterocycles. The largest absolute Gasteiger partial charge is 0.298 e. The molecule has 1 aromatic carbocycles. The summed E-state index contributed by atoms with van der Waals surface area (Å²) in [5, 5.41) is 0. The number of carbonyl (C=O) groups excluding carboxylic acids is 1. The molecule has 1 aromatic rings. The lowest BCUT2D eigenvalue weighted by Crippen LogP contribution is -1.97. The fourth-order valence-electron chi connectivity index (χ4n) is 1.73. The molecule has 0 N–H and O–H groups in total. The van der Waals surface area contributed by atoms with Gasteiger partial charge in [-0.1, -0.05) is 25.5 Å². The van der Waals surface area contributed by atoms with Crippen LogP contribution in [-0.2, 0) is 6.42 Å². The van der Waals surface area contributed by atoms with Gasteiger partial charge in [0.2, 0.25) is 0 Å². The van der Waals surface area contributed by atoms with Gasteiger partial charge in [0.15, 0.2) is 6.29 Å². The maximum atomic E-state index is 10.9. The fraction of sp³-hybridized carbons (Fsp3) is 0.462. The van der Waals surface area contributed by atoms with Crippen molar-refractivity contribution in [3.8, 4) is 0 Å². The first-order valence-electron chi connectivity index (χ1n) is 5.25. The summed E-state index contributed by atoms with van der Waals surface area (Å²) in [5.74, 6) is 0. The Balaban J connectivity index is 3.02. The second-order valence-electron chi connectivity index (χ2n) is 3.80. The molecule has 0 amide bonds. The zero-order valence-corrected chi connectivity index (χ0v) is 9.26. The van der Waals surface area contributed by atoms with Crippen molar-refractivity contribution in [3.05, 3.63) is 34.4 Å². The minimum Gasteiger partial charge on any atom is -0.298 e. The first-order chi connectivity index (χ1) is 6.70. The van der Waals surface area contributed by atoms with Gasteiger partial charge in [-0.3, -0.25) is 4.79 Å². The van der Waals surface area contributed by atoms with Crippen molar-refractivity contribution in [1.29, 1.82) is 0 Å². The summed E-state index contributed by atoms with van der Waals surface area (Å²) >= 11 is 0. The minimum atomic E-state index is 0.874. The molecule has 0 spiro atoms. The van der Waals surface area contributed by atoms with Crippen LogP contribution in [-0.4, -0.2) is 6.29 Å². The molecule has 0 aliphatic carbocycles. The summed E-state index contributed by atoms with van der Waals surface area (Å²) < 4.78 is 0. The third-order valence-corrected chi connectivity index (χ3v) is 2.76. The number of hydrogen-bond donors (Lipinski definition) is 0. The number of rotatable bonds is 4. The number of aryl methyl sites for hydroxylation is 2. The molecule has 0 bridgehead atoms. The van der Waals surface area contributed by atoms with Crippen molar-refractivity contribution in [2.45, 2.75) is 40.0 Å². The molecule has 14 heavy (non-hydrogen) atoms. The van der Waals surface area contributed by atoms with Crippen LogP contribution in [0.4, 0.5) is 0 Å². The first kappa shape index (κ1) is 11.0. The number of carbonyl (C=O) groups is 1. The van der Waals surface area contributed by atoms with Gasteiger partial charge in [0, 0.05) is 5.56 Å². The van der Waals surface area contributed by atoms with Gasteiger partial charge in [-0.05, 0) is 43.4 Å². The van der Waals surface area contributed by atoms with E-state index in [4.69, 9.17) is 0 Å². The Kier molecular flexibility index (Phi) is 3.87. The summed E-state index contributed by atoms with van der Waals surface area (Å²) in [6.45, 7) is 6.21. The third-order valence-electron chi connectivity index (χ3n) is 2.76. The van der Waals surface area contributed by atoms with E-state index in [1.54, 1.807) is 0 Å². The molecular formula is C13H18O. The van der Waals surface area contributed by atoms with E-state index in [1.165, 1.54) is 18.4 Å². The molecule has 0 fully saturated rings. The molecule has 0 unspecified atom stereocenters. The topological polar surface area (TPSA) is 17.1 Å². The highest BCUT2D eigenvalue weighted by atomic mass is 16.1. The van der Waals surface area contributed by atoms with Gasteiger partial charge in [0.05, 0.1) is 0 Å². The minimum absolute atomic E-state index is 0.874. The Morgan fingerprint density at radius 1 is 1.29 bits per heavy atom. The molecule has 1 heteroatoms. The monoisotopic (exact) mass is 190 g/mol. The van der Waals surface area contributed by atoms with E-state index in [9.17, 15) is 4.79 Å². The molecule has 0 saturated heterocycles. The average molecular weight is 190 g/mol. The Morgan fingerprint density at radius 3 is 2.57 bits per heavy atom. The molecule has 1 rings (SSSR count). The SMILES string of the molecule is CCCCc1ccc(C)c(C=O)c1C. The van der Waals surface area contributed by atoms with Crippen LogP contribution in [0.5, 0.6) is 0 Å². The highest BCUT2D eigenvalue weighted by Gasteiger charge is 2.05. The van der Waals surface area contributed by atoms with Crippen LogP contribution < -0.4 is 0 Å². The van der Waals surface area contributed by atoms with Crippen LogP contribution in [0, 0.1) is 13.8 Å². The number of hydrogen-bond acceptors (Lipinski definition) is 1. The molecular weight excluding hydrogens is 172 g/mol. The van der Waals surface area contributed by atoms with E-state index < -0.39 is 0 Å². The normalized spacial score (nSPS) is 10.2. The Hall–Kier alpha value is -1.11. The summed E-state index contributed by atoms with van der Waals surface area (Å²) in [7, 11) is 0. The Bertz CT molecular complexity index is 326. The first-order valence-corrected chi connectivity index (χ1v) is 5.25. The molecule has 1 nitrogen and oxygen atoms in total.